The van der Waals surface area contributed by atoms with Gasteiger partial charge < -0.3 is 10.2 Å². The monoisotopic (exact) mass is 617 g/mol. The minimum Gasteiger partial charge on any atom is -0.352 e. The van der Waals surface area contributed by atoms with Crippen LogP contribution in [-0.4, -0.2) is 43.8 Å². The largest absolute Gasteiger partial charge is 0.352 e. The van der Waals surface area contributed by atoms with E-state index in [1.54, 1.807) is 48.5 Å². The topological polar surface area (TPSA) is 86.8 Å². The summed E-state index contributed by atoms with van der Waals surface area (Å²) in [7, 11) is -4.13. The minimum absolute atomic E-state index is 0.00653. The van der Waals surface area contributed by atoms with Gasteiger partial charge in [-0.15, -0.1) is 0 Å². The number of amides is 2. The fourth-order valence-corrected chi connectivity index (χ4v) is 6.22. The first-order valence-corrected chi connectivity index (χ1v) is 15.8. The molecule has 0 heterocycles. The van der Waals surface area contributed by atoms with Crippen LogP contribution in [0, 0.1) is 13.8 Å². The Kier molecular flexibility index (Phi) is 11.2. The van der Waals surface area contributed by atoms with Gasteiger partial charge in [-0.1, -0.05) is 67.4 Å². The van der Waals surface area contributed by atoms with Gasteiger partial charge >= 0.3 is 0 Å². The molecular formula is C31H37Cl2N3O4S. The van der Waals surface area contributed by atoms with Crippen molar-refractivity contribution in [2.24, 2.45) is 0 Å². The summed E-state index contributed by atoms with van der Waals surface area (Å²) in [5.74, 6) is -0.858. The molecule has 10 heteroatoms. The summed E-state index contributed by atoms with van der Waals surface area (Å²) in [4.78, 5) is 29.0. The number of benzene rings is 3. The first kappa shape index (κ1) is 32.4. The van der Waals surface area contributed by atoms with Crippen molar-refractivity contribution in [3.05, 3.63) is 93.5 Å². The number of anilines is 1. The van der Waals surface area contributed by atoms with Crippen LogP contribution < -0.4 is 9.62 Å². The number of aryl methyl sites for hydroxylation is 2. The molecule has 0 aliphatic rings. The third-order valence-corrected chi connectivity index (χ3v) is 9.51. The summed E-state index contributed by atoms with van der Waals surface area (Å²) in [5, 5.41) is 3.74. The fraction of sp³-hybridized carbons (Fsp3) is 0.355. The Balaban J connectivity index is 2.10. The zero-order valence-electron chi connectivity index (χ0n) is 24.0. The molecule has 3 aromatic rings. The molecule has 7 nitrogen and oxygen atoms in total. The van der Waals surface area contributed by atoms with Gasteiger partial charge in [-0.3, -0.25) is 13.9 Å². The van der Waals surface area contributed by atoms with Gasteiger partial charge in [-0.25, -0.2) is 8.42 Å². The molecule has 0 aliphatic carbocycles. The van der Waals surface area contributed by atoms with Crippen molar-refractivity contribution < 1.29 is 18.0 Å². The van der Waals surface area contributed by atoms with Crippen molar-refractivity contribution >= 4 is 50.7 Å². The summed E-state index contributed by atoms with van der Waals surface area (Å²) in [6, 6.07) is 17.2. The molecule has 41 heavy (non-hydrogen) atoms. The lowest BCUT2D eigenvalue weighted by Crippen LogP contribution is -2.53. The number of rotatable bonds is 12. The molecule has 1 N–H and O–H groups in total. The lowest BCUT2D eigenvalue weighted by molar-refractivity contribution is -0.140. The van der Waals surface area contributed by atoms with Crippen LogP contribution in [0.4, 0.5) is 5.69 Å². The van der Waals surface area contributed by atoms with E-state index in [9.17, 15) is 18.0 Å². The molecule has 0 unspecified atom stereocenters. The average molecular weight is 619 g/mol. The van der Waals surface area contributed by atoms with Crippen LogP contribution >= 0.6 is 23.2 Å². The summed E-state index contributed by atoms with van der Waals surface area (Å²) < 4.78 is 29.0. The van der Waals surface area contributed by atoms with Crippen LogP contribution in [0.25, 0.3) is 0 Å². The van der Waals surface area contributed by atoms with E-state index >= 15 is 0 Å². The van der Waals surface area contributed by atoms with E-state index in [1.807, 2.05) is 40.7 Å². The van der Waals surface area contributed by atoms with E-state index in [0.29, 0.717) is 27.7 Å². The zero-order chi connectivity index (χ0) is 30.3. The first-order valence-electron chi connectivity index (χ1n) is 13.6. The molecule has 3 rings (SSSR count). The van der Waals surface area contributed by atoms with Crippen molar-refractivity contribution in [1.29, 1.82) is 0 Å². The predicted molar refractivity (Wildman–Crippen MR) is 166 cm³/mol. The maximum Gasteiger partial charge on any atom is 0.264 e. The Labute approximate surface area is 253 Å². The van der Waals surface area contributed by atoms with Crippen molar-refractivity contribution in [2.75, 3.05) is 10.8 Å². The number of halogens is 2. The molecule has 0 aliphatic heterocycles. The molecule has 220 valence electrons. The minimum atomic E-state index is -4.13. The maximum atomic E-state index is 14.2. The molecule has 0 saturated carbocycles. The summed E-state index contributed by atoms with van der Waals surface area (Å²) in [5.41, 5.74) is 2.81. The van der Waals surface area contributed by atoms with Gasteiger partial charge in [-0.2, -0.15) is 0 Å². The highest BCUT2D eigenvalue weighted by molar-refractivity contribution is 7.92. The number of sulfonamides is 1. The molecule has 0 aromatic heterocycles. The van der Waals surface area contributed by atoms with Crippen molar-refractivity contribution in [3.8, 4) is 0 Å². The average Bonchev–Trinajstić information content (AvgIpc) is 2.94. The fourth-order valence-electron chi connectivity index (χ4n) is 4.32. The molecule has 0 fully saturated rings. The smallest absolute Gasteiger partial charge is 0.264 e. The number of hydrogen-bond acceptors (Lipinski definition) is 4. The Hall–Kier alpha value is -3.07. The van der Waals surface area contributed by atoms with Crippen molar-refractivity contribution in [2.45, 2.75) is 71.0 Å². The van der Waals surface area contributed by atoms with Gasteiger partial charge in [0.15, 0.2) is 0 Å². The van der Waals surface area contributed by atoms with Crippen molar-refractivity contribution in [1.82, 2.24) is 10.2 Å². The highest BCUT2D eigenvalue weighted by Gasteiger charge is 2.34. The van der Waals surface area contributed by atoms with Gasteiger partial charge in [0.25, 0.3) is 10.0 Å². The molecule has 0 radical (unpaired) electrons. The molecule has 2 amide bonds. The van der Waals surface area contributed by atoms with Gasteiger partial charge in [0.2, 0.25) is 11.8 Å². The number of nitrogens with one attached hydrogen (secondary N) is 1. The second-order valence-electron chi connectivity index (χ2n) is 10.1. The second-order valence-corrected chi connectivity index (χ2v) is 12.8. The number of carbonyl (C=O) groups excluding carboxylic acids is 2. The van der Waals surface area contributed by atoms with Gasteiger partial charge in [0.05, 0.1) is 10.6 Å². The Morgan fingerprint density at radius 1 is 0.902 bits per heavy atom. The SMILES string of the molecule is CC[C@@H](C)NC(=O)[C@H](CC)N(Cc1ccc(Cl)cc1Cl)C(=O)CN(c1ccc(C)c(C)c1)S(=O)(=O)c1ccccc1. The second kappa shape index (κ2) is 14.2. The van der Waals surface area contributed by atoms with E-state index < -0.39 is 28.5 Å². The van der Waals surface area contributed by atoms with E-state index in [2.05, 4.69) is 5.32 Å². The zero-order valence-corrected chi connectivity index (χ0v) is 26.4. The molecule has 0 spiro atoms. The third kappa shape index (κ3) is 8.03. The Morgan fingerprint density at radius 3 is 2.17 bits per heavy atom. The number of hydrogen-bond donors (Lipinski definition) is 1. The van der Waals surface area contributed by atoms with Crippen LogP contribution in [-0.2, 0) is 26.2 Å². The molecule has 3 aromatic carbocycles. The van der Waals surface area contributed by atoms with Crippen LogP contribution in [0.1, 0.15) is 50.3 Å². The normalized spacial score (nSPS) is 12.9. The van der Waals surface area contributed by atoms with E-state index in [0.717, 1.165) is 21.9 Å². The van der Waals surface area contributed by atoms with Crippen LogP contribution in [0.2, 0.25) is 10.0 Å². The van der Waals surface area contributed by atoms with Crippen LogP contribution in [0.15, 0.2) is 71.6 Å². The van der Waals surface area contributed by atoms with Crippen LogP contribution in [0.5, 0.6) is 0 Å². The molecular weight excluding hydrogens is 581 g/mol. The summed E-state index contributed by atoms with van der Waals surface area (Å²) in [6.45, 7) is 8.95. The lowest BCUT2D eigenvalue weighted by Gasteiger charge is -2.34. The van der Waals surface area contributed by atoms with Gasteiger partial charge in [0.1, 0.15) is 12.6 Å². The van der Waals surface area contributed by atoms with E-state index in [-0.39, 0.29) is 23.4 Å². The number of nitrogens with zero attached hydrogens (tertiary/aromatic N) is 2. The third-order valence-electron chi connectivity index (χ3n) is 7.13. The lowest BCUT2D eigenvalue weighted by atomic mass is 10.1. The molecule has 2 atom stereocenters. The standard InChI is InChI=1S/C31H37Cl2N3O4S/c1-6-23(5)34-31(38)29(7-2)35(19-24-14-15-25(32)18-28(24)33)30(37)20-36(26-16-13-21(3)22(4)17-26)41(39,40)27-11-9-8-10-12-27/h8-18,23,29H,6-7,19-20H2,1-5H3,(H,34,38)/t23-,29+/m1/s1. The number of carbonyl (C=O) groups is 2. The Morgan fingerprint density at radius 2 is 1.59 bits per heavy atom. The first-order chi connectivity index (χ1) is 19.4. The summed E-state index contributed by atoms with van der Waals surface area (Å²) in [6.07, 6.45) is 1.03. The highest BCUT2D eigenvalue weighted by atomic mass is 35.5. The van der Waals surface area contributed by atoms with Gasteiger partial charge in [-0.05, 0) is 86.7 Å². The maximum absolute atomic E-state index is 14.2. The van der Waals surface area contributed by atoms with E-state index in [1.165, 1.54) is 17.0 Å². The van der Waals surface area contributed by atoms with Crippen molar-refractivity contribution in [3.63, 3.8) is 0 Å². The summed E-state index contributed by atoms with van der Waals surface area (Å²) >= 11 is 12.6. The predicted octanol–water partition coefficient (Wildman–Crippen LogP) is 6.53. The Bertz CT molecular complexity index is 1480. The van der Waals surface area contributed by atoms with Gasteiger partial charge in [0, 0.05) is 22.6 Å². The van der Waals surface area contributed by atoms with Crippen LogP contribution in [0.3, 0.4) is 0 Å². The quantitative estimate of drug-likeness (QED) is 0.250. The molecule has 0 bridgehead atoms. The highest BCUT2D eigenvalue weighted by Crippen LogP contribution is 2.28. The molecule has 0 saturated heterocycles. The van der Waals surface area contributed by atoms with E-state index in [4.69, 9.17) is 23.2 Å².